The fraction of sp³-hybridized carbons (Fsp3) is 0.923. The highest BCUT2D eigenvalue weighted by Crippen LogP contribution is 2.07. The minimum Gasteiger partial charge on any atom is -0.449 e. The number of hydrogen-bond donors (Lipinski definition) is 1. The molecular weight excluding hydrogens is 230 g/mol. The maximum Gasteiger partial charge on any atom is 0.409 e. The van der Waals surface area contributed by atoms with Crippen molar-refractivity contribution < 1.29 is 9.53 Å². The van der Waals surface area contributed by atoms with Crippen LogP contribution >= 0.6 is 0 Å². The second-order valence-electron chi connectivity index (χ2n) is 5.60. The van der Waals surface area contributed by atoms with Gasteiger partial charge in [0.25, 0.3) is 0 Å². The molecule has 0 bridgehead atoms. The minimum absolute atomic E-state index is 0.171. The number of carbonyl (C=O) groups is 1. The Hall–Kier alpha value is -0.810. The summed E-state index contributed by atoms with van der Waals surface area (Å²) in [7, 11) is 0. The Morgan fingerprint density at radius 1 is 1.22 bits per heavy atom. The Balaban J connectivity index is 2.24. The number of amides is 1. The lowest BCUT2D eigenvalue weighted by Crippen LogP contribution is -2.50. The van der Waals surface area contributed by atoms with E-state index in [0.29, 0.717) is 18.4 Å². The first-order valence-electron chi connectivity index (χ1n) is 6.87. The number of nitrogens with zero attached hydrogens (tertiary/aromatic N) is 2. The third-order valence-corrected chi connectivity index (χ3v) is 3.14. The van der Waals surface area contributed by atoms with Crippen LogP contribution in [0.15, 0.2) is 0 Å². The lowest BCUT2D eigenvalue weighted by atomic mass is 10.1. The molecule has 106 valence electrons. The van der Waals surface area contributed by atoms with Crippen molar-refractivity contribution in [3.8, 4) is 0 Å². The summed E-state index contributed by atoms with van der Waals surface area (Å²) in [6.07, 6.45) is -0.171. The molecule has 0 saturated carbocycles. The third-order valence-electron chi connectivity index (χ3n) is 3.14. The van der Waals surface area contributed by atoms with Crippen LogP contribution < -0.4 is 5.73 Å². The summed E-state index contributed by atoms with van der Waals surface area (Å²) < 4.78 is 5.23. The van der Waals surface area contributed by atoms with Crippen molar-refractivity contribution in [3.05, 3.63) is 0 Å². The van der Waals surface area contributed by atoms with Crippen LogP contribution in [0.25, 0.3) is 0 Å². The molecule has 1 aliphatic heterocycles. The highest BCUT2D eigenvalue weighted by atomic mass is 16.6. The summed E-state index contributed by atoms with van der Waals surface area (Å²) in [5.74, 6) is 0.907. The molecule has 0 aromatic heterocycles. The largest absolute Gasteiger partial charge is 0.449 e. The van der Waals surface area contributed by atoms with Crippen LogP contribution in [0, 0.1) is 11.8 Å². The summed E-state index contributed by atoms with van der Waals surface area (Å²) in [5.41, 5.74) is 5.62. The van der Waals surface area contributed by atoms with Gasteiger partial charge < -0.3 is 15.4 Å². The average molecular weight is 257 g/mol. The van der Waals surface area contributed by atoms with Crippen LogP contribution in [0.3, 0.4) is 0 Å². The molecule has 0 aromatic rings. The van der Waals surface area contributed by atoms with E-state index in [1.807, 2.05) is 13.8 Å². The molecule has 18 heavy (non-hydrogen) atoms. The second-order valence-corrected chi connectivity index (χ2v) is 5.60. The van der Waals surface area contributed by atoms with E-state index in [0.717, 1.165) is 39.3 Å². The van der Waals surface area contributed by atoms with Gasteiger partial charge in [-0.15, -0.1) is 0 Å². The fourth-order valence-electron chi connectivity index (χ4n) is 1.96. The van der Waals surface area contributed by atoms with Gasteiger partial charge in [-0.25, -0.2) is 4.79 Å². The van der Waals surface area contributed by atoms with E-state index in [-0.39, 0.29) is 6.09 Å². The van der Waals surface area contributed by atoms with Crippen LogP contribution in [0.1, 0.15) is 20.8 Å². The van der Waals surface area contributed by atoms with E-state index in [4.69, 9.17) is 10.5 Å². The number of hydrogen-bond acceptors (Lipinski definition) is 4. The van der Waals surface area contributed by atoms with Gasteiger partial charge in [0.15, 0.2) is 0 Å². The Kier molecular flexibility index (Phi) is 6.43. The molecule has 1 saturated heterocycles. The first-order chi connectivity index (χ1) is 8.52. The van der Waals surface area contributed by atoms with Gasteiger partial charge in [-0.3, -0.25) is 4.90 Å². The number of piperazine rings is 1. The standard InChI is InChI=1S/C13H27N3O2/c1-11(2)10-18-13(17)16-6-4-15(5-7-16)9-12(3)8-14/h11-12H,4-10,14H2,1-3H3. The summed E-state index contributed by atoms with van der Waals surface area (Å²) >= 11 is 0. The topological polar surface area (TPSA) is 58.8 Å². The second kappa shape index (κ2) is 7.59. The lowest BCUT2D eigenvalue weighted by molar-refractivity contribution is 0.0664. The number of nitrogens with two attached hydrogens (primary N) is 1. The number of ether oxygens (including phenoxy) is 1. The molecule has 1 rings (SSSR count). The van der Waals surface area contributed by atoms with Crippen molar-refractivity contribution in [2.24, 2.45) is 17.6 Å². The molecule has 5 heteroatoms. The zero-order chi connectivity index (χ0) is 13.5. The molecular formula is C13H27N3O2. The molecule has 0 radical (unpaired) electrons. The van der Waals surface area contributed by atoms with Gasteiger partial charge in [0.2, 0.25) is 0 Å². The predicted octanol–water partition coefficient (Wildman–Crippen LogP) is 0.991. The maximum atomic E-state index is 11.8. The molecule has 1 amide bonds. The van der Waals surface area contributed by atoms with Crippen molar-refractivity contribution in [3.63, 3.8) is 0 Å². The van der Waals surface area contributed by atoms with Crippen LogP contribution in [0.4, 0.5) is 4.79 Å². The van der Waals surface area contributed by atoms with Gasteiger partial charge in [0.1, 0.15) is 0 Å². The Labute approximate surface area is 110 Å². The molecule has 1 atom stereocenters. The average Bonchev–Trinajstić information content (AvgIpc) is 2.36. The van der Waals surface area contributed by atoms with E-state index in [1.165, 1.54) is 0 Å². The van der Waals surface area contributed by atoms with Crippen molar-refractivity contribution in [2.45, 2.75) is 20.8 Å². The molecule has 0 aliphatic carbocycles. The van der Waals surface area contributed by atoms with Gasteiger partial charge in [-0.2, -0.15) is 0 Å². The fourth-order valence-corrected chi connectivity index (χ4v) is 1.96. The van der Waals surface area contributed by atoms with Crippen molar-refractivity contribution in [1.29, 1.82) is 0 Å². The van der Waals surface area contributed by atoms with Crippen molar-refractivity contribution in [1.82, 2.24) is 9.80 Å². The quantitative estimate of drug-likeness (QED) is 0.798. The molecule has 0 aromatic carbocycles. The first kappa shape index (κ1) is 15.2. The van der Waals surface area contributed by atoms with E-state index in [9.17, 15) is 4.79 Å². The molecule has 1 aliphatic rings. The normalized spacial score (nSPS) is 19.1. The van der Waals surface area contributed by atoms with Crippen LogP contribution in [-0.4, -0.2) is 61.8 Å². The molecule has 1 unspecified atom stereocenters. The maximum absolute atomic E-state index is 11.8. The monoisotopic (exact) mass is 257 g/mol. The molecule has 1 heterocycles. The van der Waals surface area contributed by atoms with E-state index >= 15 is 0 Å². The molecule has 0 spiro atoms. The summed E-state index contributed by atoms with van der Waals surface area (Å²) in [6.45, 7) is 11.8. The predicted molar refractivity (Wildman–Crippen MR) is 72.4 cm³/mol. The van der Waals surface area contributed by atoms with Crippen LogP contribution in [-0.2, 0) is 4.74 Å². The number of rotatable bonds is 5. The van der Waals surface area contributed by atoms with Gasteiger partial charge >= 0.3 is 6.09 Å². The van der Waals surface area contributed by atoms with E-state index < -0.39 is 0 Å². The Morgan fingerprint density at radius 3 is 2.33 bits per heavy atom. The summed E-state index contributed by atoms with van der Waals surface area (Å²) in [5, 5.41) is 0. The molecule has 1 fully saturated rings. The molecule has 2 N–H and O–H groups in total. The van der Waals surface area contributed by atoms with Crippen molar-refractivity contribution in [2.75, 3.05) is 45.9 Å². The van der Waals surface area contributed by atoms with Gasteiger partial charge in [-0.1, -0.05) is 20.8 Å². The van der Waals surface area contributed by atoms with Crippen LogP contribution in [0.2, 0.25) is 0 Å². The number of carbonyl (C=O) groups excluding carboxylic acids is 1. The Morgan fingerprint density at radius 2 is 1.83 bits per heavy atom. The zero-order valence-corrected chi connectivity index (χ0v) is 11.9. The lowest BCUT2D eigenvalue weighted by Gasteiger charge is -2.35. The highest BCUT2D eigenvalue weighted by Gasteiger charge is 2.22. The minimum atomic E-state index is -0.171. The van der Waals surface area contributed by atoms with Crippen LogP contribution in [0.5, 0.6) is 0 Å². The van der Waals surface area contributed by atoms with Gasteiger partial charge in [0.05, 0.1) is 6.61 Å². The highest BCUT2D eigenvalue weighted by molar-refractivity contribution is 5.67. The van der Waals surface area contributed by atoms with E-state index in [2.05, 4.69) is 11.8 Å². The summed E-state index contributed by atoms with van der Waals surface area (Å²) in [6, 6.07) is 0. The first-order valence-corrected chi connectivity index (χ1v) is 6.87. The van der Waals surface area contributed by atoms with Crippen molar-refractivity contribution >= 4 is 6.09 Å². The molecule has 5 nitrogen and oxygen atoms in total. The van der Waals surface area contributed by atoms with E-state index in [1.54, 1.807) is 4.90 Å². The smallest absolute Gasteiger partial charge is 0.409 e. The third kappa shape index (κ3) is 5.23. The Bertz CT molecular complexity index is 251. The summed E-state index contributed by atoms with van der Waals surface area (Å²) in [4.78, 5) is 15.9. The van der Waals surface area contributed by atoms with Gasteiger partial charge in [0, 0.05) is 32.7 Å². The van der Waals surface area contributed by atoms with Gasteiger partial charge in [-0.05, 0) is 18.4 Å². The zero-order valence-electron chi connectivity index (χ0n) is 11.9. The SMILES string of the molecule is CC(C)COC(=O)N1CCN(CC(C)CN)CC1.